The van der Waals surface area contributed by atoms with Crippen LogP contribution in [0.15, 0.2) is 60.7 Å². The third kappa shape index (κ3) is 3.20. The Morgan fingerprint density at radius 1 is 0.966 bits per heavy atom. The summed E-state index contributed by atoms with van der Waals surface area (Å²) >= 11 is 12.7. The van der Waals surface area contributed by atoms with Gasteiger partial charge in [-0.2, -0.15) is 0 Å². The molecule has 3 aromatic carbocycles. The summed E-state index contributed by atoms with van der Waals surface area (Å²) in [6, 6.07) is 14.5. The first-order valence-corrected chi connectivity index (χ1v) is 9.43. The van der Waals surface area contributed by atoms with Crippen LogP contribution in [0.1, 0.15) is 37.4 Å². The van der Waals surface area contributed by atoms with E-state index in [4.69, 9.17) is 27.9 Å². The van der Waals surface area contributed by atoms with Crippen molar-refractivity contribution in [3.05, 3.63) is 98.5 Å². The SMILES string of the molecule is COc1cc(C(=O)/C=C2\c3ccccc3C(=O)c3c(Cl)ccc(Cl)c32)ccc1O. The number of hydrogen-bond donors (Lipinski definition) is 1. The number of fused-ring (bicyclic) bond motifs is 2. The van der Waals surface area contributed by atoms with E-state index in [1.165, 1.54) is 31.4 Å². The summed E-state index contributed by atoms with van der Waals surface area (Å²) in [6.45, 7) is 0. The van der Waals surface area contributed by atoms with Gasteiger partial charge in [0.1, 0.15) is 0 Å². The standard InChI is InChI=1S/C23H14Cl2O4/c1-29-20-10-12(6-9-18(20)26)19(27)11-15-13-4-2-3-5-14(13)23(28)22-17(25)8-7-16(24)21(15)22/h2-11,26H,1H3/b15-11+. The summed E-state index contributed by atoms with van der Waals surface area (Å²) in [5.41, 5.74) is 2.60. The second-order valence-electron chi connectivity index (χ2n) is 6.46. The molecule has 0 radical (unpaired) electrons. The van der Waals surface area contributed by atoms with Crippen LogP contribution >= 0.6 is 23.2 Å². The summed E-state index contributed by atoms with van der Waals surface area (Å²) in [6.07, 6.45) is 1.43. The summed E-state index contributed by atoms with van der Waals surface area (Å²) in [4.78, 5) is 26.0. The van der Waals surface area contributed by atoms with Crippen molar-refractivity contribution < 1.29 is 19.4 Å². The maximum absolute atomic E-state index is 13.0. The third-order valence-electron chi connectivity index (χ3n) is 4.80. The number of rotatable bonds is 3. The summed E-state index contributed by atoms with van der Waals surface area (Å²) in [7, 11) is 1.41. The van der Waals surface area contributed by atoms with Crippen LogP contribution in [0.3, 0.4) is 0 Å². The molecule has 6 heteroatoms. The van der Waals surface area contributed by atoms with Crippen molar-refractivity contribution in [3.63, 3.8) is 0 Å². The van der Waals surface area contributed by atoms with Crippen LogP contribution < -0.4 is 4.74 Å². The molecule has 0 atom stereocenters. The Labute approximate surface area is 177 Å². The van der Waals surface area contributed by atoms with E-state index in [2.05, 4.69) is 0 Å². The van der Waals surface area contributed by atoms with Gasteiger partial charge in [-0.1, -0.05) is 47.5 Å². The van der Waals surface area contributed by atoms with Crippen molar-refractivity contribution in [1.29, 1.82) is 0 Å². The number of aromatic hydroxyl groups is 1. The molecule has 1 aliphatic rings. The summed E-state index contributed by atoms with van der Waals surface area (Å²) in [5, 5.41) is 10.4. The predicted molar refractivity (Wildman–Crippen MR) is 112 cm³/mol. The Morgan fingerprint density at radius 3 is 2.31 bits per heavy atom. The fourth-order valence-corrected chi connectivity index (χ4v) is 3.92. The molecule has 0 fully saturated rings. The lowest BCUT2D eigenvalue weighted by Crippen LogP contribution is -2.16. The molecule has 0 heterocycles. The number of carbonyl (C=O) groups is 2. The Balaban J connectivity index is 1.95. The number of ketones is 2. The number of phenols is 1. The highest BCUT2D eigenvalue weighted by Crippen LogP contribution is 2.42. The maximum Gasteiger partial charge on any atom is 0.195 e. The topological polar surface area (TPSA) is 63.6 Å². The Bertz CT molecular complexity index is 1210. The number of hydrogen-bond acceptors (Lipinski definition) is 4. The van der Waals surface area contributed by atoms with E-state index < -0.39 is 0 Å². The lowest BCUT2D eigenvalue weighted by molar-refractivity contribution is 0.103. The van der Waals surface area contributed by atoms with Crippen molar-refractivity contribution >= 4 is 40.3 Å². The fraction of sp³-hybridized carbons (Fsp3) is 0.0435. The fourth-order valence-electron chi connectivity index (χ4n) is 3.42. The average molecular weight is 425 g/mol. The summed E-state index contributed by atoms with van der Waals surface area (Å²) in [5.74, 6) is -0.441. The normalized spacial score (nSPS) is 13.8. The molecule has 3 aromatic rings. The van der Waals surface area contributed by atoms with Crippen LogP contribution in [0, 0.1) is 0 Å². The van der Waals surface area contributed by atoms with Gasteiger partial charge in [0.05, 0.1) is 17.7 Å². The molecule has 0 unspecified atom stereocenters. The van der Waals surface area contributed by atoms with Crippen LogP contribution in [0.25, 0.3) is 5.57 Å². The molecule has 144 valence electrons. The molecule has 4 nitrogen and oxygen atoms in total. The van der Waals surface area contributed by atoms with Crippen molar-refractivity contribution in [3.8, 4) is 11.5 Å². The molecular formula is C23H14Cl2O4. The quantitative estimate of drug-likeness (QED) is 0.345. The predicted octanol–water partition coefficient (Wildman–Crippen LogP) is 5.57. The largest absolute Gasteiger partial charge is 0.504 e. The Kier molecular flexibility index (Phi) is 4.91. The minimum Gasteiger partial charge on any atom is -0.504 e. The van der Waals surface area contributed by atoms with Gasteiger partial charge in [0.2, 0.25) is 0 Å². The summed E-state index contributed by atoms with van der Waals surface area (Å²) < 4.78 is 5.08. The molecule has 0 aromatic heterocycles. The Morgan fingerprint density at radius 2 is 1.62 bits per heavy atom. The van der Waals surface area contributed by atoms with E-state index in [1.807, 2.05) is 0 Å². The van der Waals surface area contributed by atoms with Crippen LogP contribution in [0.5, 0.6) is 11.5 Å². The number of halogens is 2. The number of allylic oxidation sites excluding steroid dienone is 1. The highest BCUT2D eigenvalue weighted by atomic mass is 35.5. The van der Waals surface area contributed by atoms with E-state index in [0.29, 0.717) is 32.8 Å². The van der Waals surface area contributed by atoms with Crippen LogP contribution in [0.4, 0.5) is 0 Å². The minimum absolute atomic E-state index is 0.0644. The second-order valence-corrected chi connectivity index (χ2v) is 7.28. The van der Waals surface area contributed by atoms with Crippen molar-refractivity contribution in [2.45, 2.75) is 0 Å². The molecule has 0 amide bonds. The van der Waals surface area contributed by atoms with Gasteiger partial charge in [-0.3, -0.25) is 9.59 Å². The molecular weight excluding hydrogens is 411 g/mol. The van der Waals surface area contributed by atoms with Crippen molar-refractivity contribution in [2.24, 2.45) is 0 Å². The number of phenolic OH excluding ortho intramolecular Hbond substituents is 1. The van der Waals surface area contributed by atoms with E-state index in [9.17, 15) is 14.7 Å². The minimum atomic E-state index is -0.329. The molecule has 0 saturated carbocycles. The van der Waals surface area contributed by atoms with E-state index in [0.717, 1.165) is 0 Å². The molecule has 1 aliphatic carbocycles. The molecule has 0 saturated heterocycles. The number of methoxy groups -OCH3 is 1. The van der Waals surface area contributed by atoms with Crippen molar-refractivity contribution in [2.75, 3.05) is 7.11 Å². The molecule has 29 heavy (non-hydrogen) atoms. The van der Waals surface area contributed by atoms with Gasteiger partial charge < -0.3 is 9.84 Å². The monoisotopic (exact) mass is 424 g/mol. The lowest BCUT2D eigenvalue weighted by Gasteiger charge is -2.23. The zero-order valence-corrected chi connectivity index (χ0v) is 16.7. The lowest BCUT2D eigenvalue weighted by atomic mass is 9.80. The molecule has 0 bridgehead atoms. The van der Waals surface area contributed by atoms with E-state index in [-0.39, 0.29) is 33.7 Å². The highest BCUT2D eigenvalue weighted by molar-refractivity contribution is 6.40. The third-order valence-corrected chi connectivity index (χ3v) is 5.43. The van der Waals surface area contributed by atoms with Gasteiger partial charge in [-0.05, 0) is 47.5 Å². The van der Waals surface area contributed by atoms with Crippen LogP contribution in [0.2, 0.25) is 10.0 Å². The average Bonchev–Trinajstić information content (AvgIpc) is 2.73. The number of carbonyl (C=O) groups excluding carboxylic acids is 2. The first kappa shape index (κ1) is 19.2. The number of benzene rings is 3. The van der Waals surface area contributed by atoms with Gasteiger partial charge in [0, 0.05) is 21.7 Å². The molecule has 1 N–H and O–H groups in total. The van der Waals surface area contributed by atoms with Crippen LogP contribution in [-0.4, -0.2) is 23.8 Å². The van der Waals surface area contributed by atoms with Gasteiger partial charge in [0.15, 0.2) is 23.1 Å². The van der Waals surface area contributed by atoms with E-state index in [1.54, 1.807) is 36.4 Å². The maximum atomic E-state index is 13.0. The van der Waals surface area contributed by atoms with Gasteiger partial charge in [0.25, 0.3) is 0 Å². The smallest absolute Gasteiger partial charge is 0.195 e. The molecule has 0 spiro atoms. The zero-order valence-electron chi connectivity index (χ0n) is 15.2. The van der Waals surface area contributed by atoms with Gasteiger partial charge >= 0.3 is 0 Å². The van der Waals surface area contributed by atoms with Crippen molar-refractivity contribution in [1.82, 2.24) is 0 Å². The second kappa shape index (κ2) is 7.39. The molecule has 0 aliphatic heterocycles. The highest BCUT2D eigenvalue weighted by Gasteiger charge is 2.31. The Hall–Kier alpha value is -3.08. The van der Waals surface area contributed by atoms with Gasteiger partial charge in [-0.15, -0.1) is 0 Å². The number of ether oxygens (including phenoxy) is 1. The zero-order chi connectivity index (χ0) is 20.7. The van der Waals surface area contributed by atoms with E-state index >= 15 is 0 Å². The van der Waals surface area contributed by atoms with Gasteiger partial charge in [-0.25, -0.2) is 0 Å². The first-order valence-electron chi connectivity index (χ1n) is 8.68. The molecule has 4 rings (SSSR count). The first-order chi connectivity index (χ1) is 13.9. The van der Waals surface area contributed by atoms with Crippen LogP contribution in [-0.2, 0) is 0 Å².